The van der Waals surface area contributed by atoms with Crippen molar-refractivity contribution in [2.75, 3.05) is 4.72 Å². The third kappa shape index (κ3) is 3.35. The molecule has 0 amide bonds. The Balaban J connectivity index is 3.09. The molecule has 0 aliphatic heterocycles. The minimum atomic E-state index is -4.44. The molecule has 0 saturated heterocycles. The van der Waals surface area contributed by atoms with Crippen molar-refractivity contribution in [2.24, 2.45) is 0 Å². The average Bonchev–Trinajstić information content (AvgIpc) is 2.05. The van der Waals surface area contributed by atoms with Crippen LogP contribution in [0.1, 0.15) is 0 Å². The van der Waals surface area contributed by atoms with E-state index in [1.165, 1.54) is 0 Å². The number of hydrogen-bond acceptors (Lipinski definition) is 4. The Labute approximate surface area is 89.7 Å². The van der Waals surface area contributed by atoms with Gasteiger partial charge in [0.05, 0.1) is 15.6 Å². The van der Waals surface area contributed by atoms with E-state index in [1.807, 2.05) is 0 Å². The number of benzene rings is 1. The lowest BCUT2D eigenvalue weighted by atomic mass is 10.3. The van der Waals surface area contributed by atoms with Crippen LogP contribution in [-0.2, 0) is 10.3 Å². The predicted octanol–water partition coefficient (Wildman–Crippen LogP) is 1.46. The second-order valence-corrected chi connectivity index (χ2v) is 4.06. The van der Waals surface area contributed by atoms with Gasteiger partial charge in [-0.25, -0.2) is 0 Å². The van der Waals surface area contributed by atoms with E-state index >= 15 is 0 Å². The van der Waals surface area contributed by atoms with Crippen LogP contribution in [0.5, 0.6) is 0 Å². The van der Waals surface area contributed by atoms with Gasteiger partial charge in [-0.3, -0.25) is 19.4 Å². The fourth-order valence-electron chi connectivity index (χ4n) is 0.839. The molecule has 9 heteroatoms. The van der Waals surface area contributed by atoms with Crippen LogP contribution in [-0.4, -0.2) is 17.9 Å². The van der Waals surface area contributed by atoms with Crippen LogP contribution in [0.2, 0.25) is 5.02 Å². The molecule has 0 saturated carbocycles. The maximum absolute atomic E-state index is 10.4. The maximum atomic E-state index is 10.4. The fraction of sp³-hybridized carbons (Fsp3) is 0. The number of halogens is 1. The third-order valence-corrected chi connectivity index (χ3v) is 2.19. The Morgan fingerprint density at radius 3 is 2.47 bits per heavy atom. The molecule has 1 aromatic carbocycles. The Kier molecular flexibility index (Phi) is 3.12. The molecule has 0 unspecified atom stereocenters. The van der Waals surface area contributed by atoms with Gasteiger partial charge in [-0.05, 0) is 6.07 Å². The first-order valence-electron chi connectivity index (χ1n) is 3.49. The molecule has 1 rings (SSSR count). The van der Waals surface area contributed by atoms with Crippen molar-refractivity contribution in [1.82, 2.24) is 0 Å². The SMILES string of the molecule is O=[N+]([O-])c1ccc(NS(=O)(=O)O)c(Cl)c1. The zero-order valence-electron chi connectivity index (χ0n) is 7.05. The number of nitrogens with zero attached hydrogens (tertiary/aromatic N) is 1. The first-order chi connectivity index (χ1) is 6.79. The summed E-state index contributed by atoms with van der Waals surface area (Å²) >= 11 is 5.54. The highest BCUT2D eigenvalue weighted by Crippen LogP contribution is 2.26. The van der Waals surface area contributed by atoms with Crippen LogP contribution >= 0.6 is 11.6 Å². The highest BCUT2D eigenvalue weighted by atomic mass is 35.5. The van der Waals surface area contributed by atoms with Gasteiger partial charge in [0.25, 0.3) is 5.69 Å². The summed E-state index contributed by atoms with van der Waals surface area (Å²) in [5.74, 6) is 0. The molecule has 0 aromatic heterocycles. The van der Waals surface area contributed by atoms with E-state index in [2.05, 4.69) is 0 Å². The molecule has 0 aliphatic rings. The summed E-state index contributed by atoms with van der Waals surface area (Å²) in [4.78, 5) is 9.63. The predicted molar refractivity (Wildman–Crippen MR) is 53.3 cm³/mol. The van der Waals surface area contributed by atoms with Crippen LogP contribution in [0.15, 0.2) is 18.2 Å². The smallest absolute Gasteiger partial charge is 0.269 e. The van der Waals surface area contributed by atoms with Gasteiger partial charge >= 0.3 is 10.3 Å². The summed E-state index contributed by atoms with van der Waals surface area (Å²) in [5, 5.41) is 10.1. The molecule has 0 aliphatic carbocycles. The number of anilines is 1. The lowest BCUT2D eigenvalue weighted by molar-refractivity contribution is -0.384. The minimum absolute atomic E-state index is 0.134. The summed E-state index contributed by atoms with van der Waals surface area (Å²) in [6.45, 7) is 0. The zero-order valence-corrected chi connectivity index (χ0v) is 8.62. The van der Waals surface area contributed by atoms with Crippen molar-refractivity contribution in [3.05, 3.63) is 33.3 Å². The lowest BCUT2D eigenvalue weighted by Crippen LogP contribution is -2.10. The zero-order chi connectivity index (χ0) is 11.6. The van der Waals surface area contributed by atoms with Crippen molar-refractivity contribution in [1.29, 1.82) is 0 Å². The molecule has 0 spiro atoms. The molecule has 0 fully saturated rings. The van der Waals surface area contributed by atoms with Crippen molar-refractivity contribution in [2.45, 2.75) is 0 Å². The lowest BCUT2D eigenvalue weighted by Gasteiger charge is -2.03. The number of nitrogens with one attached hydrogen (secondary N) is 1. The van der Waals surface area contributed by atoms with E-state index in [-0.39, 0.29) is 16.4 Å². The van der Waals surface area contributed by atoms with Crippen LogP contribution in [0.25, 0.3) is 0 Å². The van der Waals surface area contributed by atoms with Crippen molar-refractivity contribution < 1.29 is 17.9 Å². The van der Waals surface area contributed by atoms with Gasteiger partial charge in [0, 0.05) is 12.1 Å². The highest BCUT2D eigenvalue weighted by Gasteiger charge is 2.12. The van der Waals surface area contributed by atoms with Crippen LogP contribution in [0.4, 0.5) is 11.4 Å². The first kappa shape index (κ1) is 11.7. The van der Waals surface area contributed by atoms with Gasteiger partial charge in [-0.15, -0.1) is 0 Å². The number of nitro benzene ring substituents is 1. The monoisotopic (exact) mass is 252 g/mol. The van der Waals surface area contributed by atoms with Gasteiger partial charge in [0.1, 0.15) is 0 Å². The normalized spacial score (nSPS) is 11.1. The quantitative estimate of drug-likeness (QED) is 0.481. The number of nitro groups is 1. The first-order valence-corrected chi connectivity index (χ1v) is 5.30. The van der Waals surface area contributed by atoms with Crippen molar-refractivity contribution in [3.63, 3.8) is 0 Å². The average molecular weight is 253 g/mol. The fourth-order valence-corrected chi connectivity index (χ4v) is 1.57. The molecule has 2 N–H and O–H groups in total. The molecule has 0 heterocycles. The summed E-state index contributed by atoms with van der Waals surface area (Å²) in [6.07, 6.45) is 0. The summed E-state index contributed by atoms with van der Waals surface area (Å²) in [7, 11) is -4.44. The van der Waals surface area contributed by atoms with Crippen molar-refractivity contribution >= 4 is 33.3 Å². The third-order valence-electron chi connectivity index (χ3n) is 1.40. The molecule has 0 bridgehead atoms. The van der Waals surface area contributed by atoms with Crippen LogP contribution in [0.3, 0.4) is 0 Å². The molecular formula is C6H5ClN2O5S. The molecule has 0 radical (unpaired) electrons. The second kappa shape index (κ2) is 4.01. The summed E-state index contributed by atoms with van der Waals surface area (Å²) in [5.41, 5.74) is -0.411. The van der Waals surface area contributed by atoms with Gasteiger partial charge in [0.15, 0.2) is 0 Å². The Morgan fingerprint density at radius 1 is 1.47 bits per heavy atom. The van der Waals surface area contributed by atoms with E-state index in [4.69, 9.17) is 16.2 Å². The summed E-state index contributed by atoms with van der Waals surface area (Å²) in [6, 6.07) is 3.10. The van der Waals surface area contributed by atoms with Crippen LogP contribution in [0, 0.1) is 10.1 Å². The van der Waals surface area contributed by atoms with Gasteiger partial charge < -0.3 is 0 Å². The van der Waals surface area contributed by atoms with E-state index in [0.717, 1.165) is 18.2 Å². The van der Waals surface area contributed by atoms with Crippen molar-refractivity contribution in [3.8, 4) is 0 Å². The molecule has 15 heavy (non-hydrogen) atoms. The largest absolute Gasteiger partial charge is 0.357 e. The standard InChI is InChI=1S/C6H5ClN2O5S/c7-5-3-4(9(10)11)1-2-6(5)8-15(12,13)14/h1-3,8H,(H,12,13,14). The van der Waals surface area contributed by atoms with E-state index in [1.54, 1.807) is 4.72 Å². The van der Waals surface area contributed by atoms with E-state index in [9.17, 15) is 18.5 Å². The second-order valence-electron chi connectivity index (χ2n) is 2.50. The Morgan fingerprint density at radius 2 is 2.07 bits per heavy atom. The summed E-state index contributed by atoms with van der Waals surface area (Å²) < 4.78 is 31.0. The van der Waals surface area contributed by atoms with E-state index < -0.39 is 15.2 Å². The number of non-ortho nitro benzene ring substituents is 1. The molecule has 82 valence electrons. The topological polar surface area (TPSA) is 110 Å². The maximum Gasteiger partial charge on any atom is 0.357 e. The number of rotatable bonds is 3. The molecule has 7 nitrogen and oxygen atoms in total. The van der Waals surface area contributed by atoms with Crippen LogP contribution < -0.4 is 4.72 Å². The van der Waals surface area contributed by atoms with Gasteiger partial charge in [-0.2, -0.15) is 8.42 Å². The minimum Gasteiger partial charge on any atom is -0.269 e. The molecule has 0 atom stereocenters. The highest BCUT2D eigenvalue weighted by molar-refractivity contribution is 7.87. The Bertz CT molecular complexity index is 500. The van der Waals surface area contributed by atoms with Gasteiger partial charge in [-0.1, -0.05) is 11.6 Å². The molecular weight excluding hydrogens is 248 g/mol. The van der Waals surface area contributed by atoms with E-state index in [0.29, 0.717) is 0 Å². The molecule has 1 aromatic rings. The van der Waals surface area contributed by atoms with Gasteiger partial charge in [0.2, 0.25) is 0 Å². The Hall–Kier alpha value is -1.38. The number of hydrogen-bond donors (Lipinski definition) is 2.